The molecular formula is C14H25N3O4. The zero-order valence-electron chi connectivity index (χ0n) is 12.7. The number of hydrogen-bond acceptors (Lipinski definition) is 3. The van der Waals surface area contributed by atoms with Gasteiger partial charge in [0.1, 0.15) is 6.04 Å². The van der Waals surface area contributed by atoms with Crippen LogP contribution in [0.15, 0.2) is 0 Å². The summed E-state index contributed by atoms with van der Waals surface area (Å²) in [7, 11) is 0. The lowest BCUT2D eigenvalue weighted by Crippen LogP contribution is -2.51. The summed E-state index contributed by atoms with van der Waals surface area (Å²) in [6.07, 6.45) is 2.84. The average Bonchev–Trinajstić information content (AvgIpc) is 2.43. The fourth-order valence-corrected chi connectivity index (χ4v) is 2.39. The first-order valence-corrected chi connectivity index (χ1v) is 7.34. The van der Waals surface area contributed by atoms with E-state index in [1.807, 2.05) is 0 Å². The minimum atomic E-state index is -1.15. The van der Waals surface area contributed by atoms with Crippen LogP contribution in [0, 0.1) is 5.41 Å². The number of nitrogens with one attached hydrogen (secondary N) is 1. The van der Waals surface area contributed by atoms with Gasteiger partial charge in [-0.25, -0.2) is 9.59 Å². The maximum absolute atomic E-state index is 12.1. The molecule has 1 aliphatic heterocycles. The number of rotatable bonds is 6. The molecule has 4 N–H and O–H groups in total. The molecule has 0 radical (unpaired) electrons. The van der Waals surface area contributed by atoms with Gasteiger partial charge in [-0.15, -0.1) is 0 Å². The molecule has 7 heteroatoms. The van der Waals surface area contributed by atoms with Crippen LogP contribution in [0.1, 0.15) is 46.0 Å². The largest absolute Gasteiger partial charge is 0.480 e. The van der Waals surface area contributed by atoms with Gasteiger partial charge in [-0.3, -0.25) is 4.79 Å². The second-order valence-corrected chi connectivity index (χ2v) is 6.00. The number of piperidine rings is 1. The van der Waals surface area contributed by atoms with Gasteiger partial charge in [-0.05, 0) is 24.7 Å². The average molecular weight is 299 g/mol. The molecule has 0 aromatic heterocycles. The van der Waals surface area contributed by atoms with E-state index < -0.39 is 17.9 Å². The summed E-state index contributed by atoms with van der Waals surface area (Å²) in [6.45, 7) is 5.59. The van der Waals surface area contributed by atoms with Crippen LogP contribution in [0.5, 0.6) is 0 Å². The van der Waals surface area contributed by atoms with Crippen molar-refractivity contribution in [1.82, 2.24) is 10.2 Å². The number of aliphatic carboxylic acids is 1. The molecule has 7 nitrogen and oxygen atoms in total. The molecule has 1 aliphatic rings. The first-order valence-electron chi connectivity index (χ1n) is 7.34. The molecule has 3 amide bonds. The SMILES string of the molecule is CCC1(C)CCN(C(=O)NC(CCC(N)=O)C(=O)O)CC1. The molecule has 1 heterocycles. The van der Waals surface area contributed by atoms with E-state index in [9.17, 15) is 14.4 Å². The van der Waals surface area contributed by atoms with Crippen molar-refractivity contribution in [3.8, 4) is 0 Å². The summed E-state index contributed by atoms with van der Waals surface area (Å²) in [5, 5.41) is 11.5. The number of carboxylic acid groups (broad SMARTS) is 1. The van der Waals surface area contributed by atoms with Gasteiger partial charge >= 0.3 is 12.0 Å². The van der Waals surface area contributed by atoms with E-state index in [1.165, 1.54) is 0 Å². The number of nitrogens with zero attached hydrogens (tertiary/aromatic N) is 1. The molecule has 0 aliphatic carbocycles. The van der Waals surface area contributed by atoms with E-state index in [1.54, 1.807) is 4.90 Å². The van der Waals surface area contributed by atoms with E-state index in [2.05, 4.69) is 19.2 Å². The number of hydrogen-bond donors (Lipinski definition) is 3. The lowest BCUT2D eigenvalue weighted by molar-refractivity contribution is -0.139. The summed E-state index contributed by atoms with van der Waals surface area (Å²) in [6, 6.07) is -1.46. The summed E-state index contributed by atoms with van der Waals surface area (Å²) in [5.41, 5.74) is 5.26. The van der Waals surface area contributed by atoms with Crippen LogP contribution >= 0.6 is 0 Å². The van der Waals surface area contributed by atoms with Crippen LogP contribution < -0.4 is 11.1 Å². The lowest BCUT2D eigenvalue weighted by Gasteiger charge is -2.39. The van der Waals surface area contributed by atoms with Crippen molar-refractivity contribution in [2.24, 2.45) is 11.1 Å². The van der Waals surface area contributed by atoms with Crippen molar-refractivity contribution in [3.05, 3.63) is 0 Å². The highest BCUT2D eigenvalue weighted by Crippen LogP contribution is 2.33. The van der Waals surface area contributed by atoms with Gasteiger partial charge in [0, 0.05) is 19.5 Å². The summed E-state index contributed by atoms with van der Waals surface area (Å²) in [4.78, 5) is 35.5. The first kappa shape index (κ1) is 17.3. The zero-order valence-corrected chi connectivity index (χ0v) is 12.7. The Kier molecular flexibility index (Phi) is 5.99. The third kappa shape index (κ3) is 5.24. The molecule has 0 saturated carbocycles. The van der Waals surface area contributed by atoms with Crippen LogP contribution in [-0.4, -0.2) is 47.0 Å². The van der Waals surface area contributed by atoms with Crippen LogP contribution in [0.25, 0.3) is 0 Å². The molecule has 1 fully saturated rings. The molecule has 1 rings (SSSR count). The summed E-state index contributed by atoms with van der Waals surface area (Å²) in [5.74, 6) is -1.73. The smallest absolute Gasteiger partial charge is 0.326 e. The molecule has 1 unspecified atom stereocenters. The predicted molar refractivity (Wildman–Crippen MR) is 77.6 cm³/mol. The molecule has 1 saturated heterocycles. The zero-order chi connectivity index (χ0) is 16.0. The molecule has 21 heavy (non-hydrogen) atoms. The van der Waals surface area contributed by atoms with Gasteiger partial charge in [-0.2, -0.15) is 0 Å². The third-order valence-electron chi connectivity index (χ3n) is 4.39. The number of carbonyl (C=O) groups excluding carboxylic acids is 2. The van der Waals surface area contributed by atoms with Crippen molar-refractivity contribution in [2.75, 3.05) is 13.1 Å². The Morgan fingerprint density at radius 1 is 1.33 bits per heavy atom. The maximum Gasteiger partial charge on any atom is 0.326 e. The van der Waals surface area contributed by atoms with Crippen molar-refractivity contribution in [1.29, 1.82) is 0 Å². The van der Waals surface area contributed by atoms with E-state index >= 15 is 0 Å². The van der Waals surface area contributed by atoms with Crippen LogP contribution in [0.2, 0.25) is 0 Å². The summed E-state index contributed by atoms with van der Waals surface area (Å²) < 4.78 is 0. The highest BCUT2D eigenvalue weighted by molar-refractivity contribution is 5.83. The van der Waals surface area contributed by atoms with E-state index in [0.717, 1.165) is 19.3 Å². The van der Waals surface area contributed by atoms with Crippen LogP contribution in [0.3, 0.4) is 0 Å². The van der Waals surface area contributed by atoms with Crippen molar-refractivity contribution >= 4 is 17.9 Å². The van der Waals surface area contributed by atoms with Crippen LogP contribution in [0.4, 0.5) is 4.79 Å². The number of amides is 3. The van der Waals surface area contributed by atoms with E-state index in [4.69, 9.17) is 10.8 Å². The molecule has 0 aromatic rings. The van der Waals surface area contributed by atoms with Crippen molar-refractivity contribution in [2.45, 2.75) is 52.0 Å². The van der Waals surface area contributed by atoms with Gasteiger partial charge in [0.05, 0.1) is 0 Å². The molecule has 1 atom stereocenters. The normalized spacial score (nSPS) is 18.9. The van der Waals surface area contributed by atoms with Gasteiger partial charge in [0.15, 0.2) is 0 Å². The molecular weight excluding hydrogens is 274 g/mol. The monoisotopic (exact) mass is 299 g/mol. The number of urea groups is 1. The van der Waals surface area contributed by atoms with Crippen LogP contribution in [-0.2, 0) is 9.59 Å². The van der Waals surface area contributed by atoms with Gasteiger partial charge < -0.3 is 21.1 Å². The molecule has 120 valence electrons. The molecule has 0 aromatic carbocycles. The fraction of sp³-hybridized carbons (Fsp3) is 0.786. The summed E-state index contributed by atoms with van der Waals surface area (Å²) >= 11 is 0. The predicted octanol–water partition coefficient (Wildman–Crippen LogP) is 0.927. The first-order chi connectivity index (χ1) is 9.77. The van der Waals surface area contributed by atoms with Gasteiger partial charge in [-0.1, -0.05) is 20.3 Å². The van der Waals surface area contributed by atoms with E-state index in [0.29, 0.717) is 13.1 Å². The van der Waals surface area contributed by atoms with Crippen molar-refractivity contribution in [3.63, 3.8) is 0 Å². The van der Waals surface area contributed by atoms with Gasteiger partial charge in [0.25, 0.3) is 0 Å². The maximum atomic E-state index is 12.1. The Bertz CT molecular complexity index is 403. The van der Waals surface area contributed by atoms with Crippen molar-refractivity contribution < 1.29 is 19.5 Å². The Hall–Kier alpha value is -1.79. The fourth-order valence-electron chi connectivity index (χ4n) is 2.39. The molecule has 0 spiro atoms. The van der Waals surface area contributed by atoms with E-state index in [-0.39, 0.29) is 24.3 Å². The minimum Gasteiger partial charge on any atom is -0.480 e. The number of primary amides is 1. The minimum absolute atomic E-state index is 0.0108. The Morgan fingerprint density at radius 3 is 2.33 bits per heavy atom. The second-order valence-electron chi connectivity index (χ2n) is 6.00. The Labute approximate surface area is 124 Å². The van der Waals surface area contributed by atoms with Gasteiger partial charge in [0.2, 0.25) is 5.91 Å². The number of likely N-dealkylation sites (tertiary alicyclic amines) is 1. The molecule has 0 bridgehead atoms. The third-order valence-corrected chi connectivity index (χ3v) is 4.39. The number of carboxylic acids is 1. The Morgan fingerprint density at radius 2 is 1.90 bits per heavy atom. The quantitative estimate of drug-likeness (QED) is 0.677. The number of nitrogens with two attached hydrogens (primary N) is 1. The number of carbonyl (C=O) groups is 3. The Balaban J connectivity index is 2.51. The highest BCUT2D eigenvalue weighted by atomic mass is 16.4. The standard InChI is InChI=1S/C14H25N3O4/c1-3-14(2)6-8-17(9-7-14)13(21)16-10(12(19)20)4-5-11(15)18/h10H,3-9H2,1-2H3,(H2,15,18)(H,16,21)(H,19,20). The lowest BCUT2D eigenvalue weighted by atomic mass is 9.78. The highest BCUT2D eigenvalue weighted by Gasteiger charge is 2.31. The topological polar surface area (TPSA) is 113 Å². The second kappa shape index (κ2) is 7.28.